The highest BCUT2D eigenvalue weighted by molar-refractivity contribution is 7.88. The Balaban J connectivity index is 1.76. The Kier molecular flexibility index (Phi) is 8.66. The summed E-state index contributed by atoms with van der Waals surface area (Å²) in [5.74, 6) is -3.16. The highest BCUT2D eigenvalue weighted by Gasteiger charge is 2.49. The van der Waals surface area contributed by atoms with Gasteiger partial charge in [-0.15, -0.1) is 11.3 Å². The molecule has 0 bridgehead atoms. The molecule has 4 heterocycles. The zero-order valence-corrected chi connectivity index (χ0v) is 26.8. The Hall–Kier alpha value is -4.05. The lowest BCUT2D eigenvalue weighted by Gasteiger charge is -2.30. The third-order valence-electron chi connectivity index (χ3n) is 6.63. The summed E-state index contributed by atoms with van der Waals surface area (Å²) in [6.07, 6.45) is -0.722. The van der Waals surface area contributed by atoms with Crippen LogP contribution < -0.4 is 8.92 Å². The first-order valence-corrected chi connectivity index (χ1v) is 16.2. The van der Waals surface area contributed by atoms with E-state index < -0.39 is 50.9 Å². The summed E-state index contributed by atoms with van der Waals surface area (Å²) in [5.41, 5.74) is -5.96. The molecule has 0 unspecified atom stereocenters. The summed E-state index contributed by atoms with van der Waals surface area (Å²) in [6, 6.07) is 6.00. The quantitative estimate of drug-likeness (QED) is 0.116. The fourth-order valence-electron chi connectivity index (χ4n) is 4.79. The molecule has 5 rings (SSSR count). The maximum atomic E-state index is 15.8. The first-order chi connectivity index (χ1) is 21.3. The smallest absolute Gasteiger partial charge is 0.490 e. The summed E-state index contributed by atoms with van der Waals surface area (Å²) < 4.78 is 110. The molecular formula is C30H28F5N3O6S2. The van der Waals surface area contributed by atoms with Crippen molar-refractivity contribution in [3.05, 3.63) is 58.6 Å². The summed E-state index contributed by atoms with van der Waals surface area (Å²) >= 11 is 0.935. The van der Waals surface area contributed by atoms with Gasteiger partial charge in [0, 0.05) is 24.2 Å². The molecule has 1 aromatic carbocycles. The van der Waals surface area contributed by atoms with Gasteiger partial charge in [-0.3, -0.25) is 0 Å². The number of aromatic nitrogens is 2. The molecule has 16 heteroatoms. The lowest BCUT2D eigenvalue weighted by atomic mass is 9.97. The van der Waals surface area contributed by atoms with Crippen molar-refractivity contribution in [3.8, 4) is 34.1 Å². The number of rotatable bonds is 6. The largest absolute Gasteiger partial charge is 0.534 e. The number of pyridine rings is 2. The molecule has 0 saturated carbocycles. The van der Waals surface area contributed by atoms with Crippen molar-refractivity contribution in [1.82, 2.24) is 14.9 Å². The highest BCUT2D eigenvalue weighted by Crippen LogP contribution is 2.47. The van der Waals surface area contributed by atoms with Crippen LogP contribution >= 0.6 is 11.3 Å². The number of halogens is 5. The van der Waals surface area contributed by atoms with Crippen LogP contribution in [0.5, 0.6) is 11.6 Å². The van der Waals surface area contributed by atoms with E-state index in [0.29, 0.717) is 24.7 Å². The van der Waals surface area contributed by atoms with E-state index in [-0.39, 0.29) is 44.9 Å². The van der Waals surface area contributed by atoms with Crippen LogP contribution in [-0.2, 0) is 27.8 Å². The molecule has 246 valence electrons. The molecular weight excluding hydrogens is 657 g/mol. The van der Waals surface area contributed by atoms with Crippen molar-refractivity contribution >= 4 is 37.6 Å². The predicted molar refractivity (Wildman–Crippen MR) is 160 cm³/mol. The molecule has 0 fully saturated rings. The molecule has 1 amide bonds. The van der Waals surface area contributed by atoms with E-state index in [9.17, 15) is 30.8 Å². The molecule has 0 aliphatic carbocycles. The van der Waals surface area contributed by atoms with Crippen LogP contribution in [0.15, 0.2) is 35.7 Å². The van der Waals surface area contributed by atoms with Crippen LogP contribution in [0.3, 0.4) is 0 Å². The van der Waals surface area contributed by atoms with Gasteiger partial charge in [-0.05, 0) is 64.1 Å². The minimum atomic E-state index is -6.17. The van der Waals surface area contributed by atoms with Crippen molar-refractivity contribution in [2.24, 2.45) is 0 Å². The van der Waals surface area contributed by atoms with Gasteiger partial charge in [0.25, 0.3) is 0 Å². The minimum absolute atomic E-state index is 0.00704. The van der Waals surface area contributed by atoms with E-state index in [1.54, 1.807) is 40.7 Å². The van der Waals surface area contributed by atoms with Crippen LogP contribution in [0.2, 0.25) is 0 Å². The predicted octanol–water partition coefficient (Wildman–Crippen LogP) is 7.61. The summed E-state index contributed by atoms with van der Waals surface area (Å²) in [6.45, 7) is 8.76. The van der Waals surface area contributed by atoms with Gasteiger partial charge in [0.2, 0.25) is 5.88 Å². The second-order valence-corrected chi connectivity index (χ2v) is 14.1. The molecule has 1 aliphatic heterocycles. The minimum Gasteiger partial charge on any atom is -0.490 e. The second kappa shape index (κ2) is 12.0. The molecule has 4 aromatic rings. The van der Waals surface area contributed by atoms with Crippen molar-refractivity contribution in [2.75, 3.05) is 6.54 Å². The van der Waals surface area contributed by atoms with Gasteiger partial charge in [-0.1, -0.05) is 6.07 Å². The van der Waals surface area contributed by atoms with Crippen LogP contribution in [0, 0.1) is 11.6 Å². The van der Waals surface area contributed by atoms with Crippen LogP contribution in [0.4, 0.5) is 26.7 Å². The number of carbonyl (C=O) groups excluding carboxylic acids is 1. The first-order valence-electron chi connectivity index (χ1n) is 13.9. The zero-order valence-electron chi connectivity index (χ0n) is 25.2. The Labute approximate surface area is 265 Å². The lowest BCUT2D eigenvalue weighted by Crippen LogP contribution is -2.40. The maximum absolute atomic E-state index is 15.8. The highest BCUT2D eigenvalue weighted by atomic mass is 32.2. The fraction of sp³-hybridized carbons (Fsp3) is 0.367. The monoisotopic (exact) mass is 685 g/mol. The average molecular weight is 686 g/mol. The fourth-order valence-corrected chi connectivity index (χ4v) is 6.16. The summed E-state index contributed by atoms with van der Waals surface area (Å²) in [5, 5.41) is 1.25. The van der Waals surface area contributed by atoms with Crippen LogP contribution in [-0.4, -0.2) is 53.1 Å². The molecule has 0 spiro atoms. The number of alkyl halides is 3. The van der Waals surface area contributed by atoms with Gasteiger partial charge in [-0.25, -0.2) is 23.5 Å². The molecule has 46 heavy (non-hydrogen) atoms. The number of carbonyl (C=O) groups is 1. The van der Waals surface area contributed by atoms with Gasteiger partial charge in [-0.2, -0.15) is 21.6 Å². The van der Waals surface area contributed by atoms with Crippen LogP contribution in [0.25, 0.3) is 32.6 Å². The number of benzene rings is 1. The Morgan fingerprint density at radius 1 is 1.04 bits per heavy atom. The third-order valence-corrected chi connectivity index (χ3v) is 8.51. The van der Waals surface area contributed by atoms with Gasteiger partial charge < -0.3 is 18.6 Å². The molecule has 9 nitrogen and oxygen atoms in total. The number of hydrogen-bond donors (Lipinski definition) is 0. The third kappa shape index (κ3) is 6.72. The van der Waals surface area contributed by atoms with E-state index in [4.69, 9.17) is 9.47 Å². The van der Waals surface area contributed by atoms with E-state index in [1.807, 2.05) is 0 Å². The number of fused-ring (bicyclic) bond motifs is 2. The normalized spacial score (nSPS) is 14.0. The van der Waals surface area contributed by atoms with Gasteiger partial charge >= 0.3 is 21.7 Å². The lowest BCUT2D eigenvalue weighted by molar-refractivity contribution is -0.0500. The van der Waals surface area contributed by atoms with Crippen molar-refractivity contribution in [1.29, 1.82) is 0 Å². The first kappa shape index (κ1) is 33.3. The van der Waals surface area contributed by atoms with Crippen LogP contribution in [0.1, 0.15) is 45.9 Å². The van der Waals surface area contributed by atoms with Crippen molar-refractivity contribution < 1.29 is 48.8 Å². The number of hydrogen-bond acceptors (Lipinski definition) is 9. The summed E-state index contributed by atoms with van der Waals surface area (Å²) in [4.78, 5) is 23.0. The molecule has 0 N–H and O–H groups in total. The van der Waals surface area contributed by atoms with E-state index in [0.717, 1.165) is 23.0 Å². The van der Waals surface area contributed by atoms with E-state index in [2.05, 4.69) is 14.2 Å². The maximum Gasteiger partial charge on any atom is 0.534 e. The average Bonchev–Trinajstić information content (AvgIpc) is 3.41. The summed E-state index contributed by atoms with van der Waals surface area (Å²) in [7, 11) is -6.17. The number of thiophene rings is 1. The Morgan fingerprint density at radius 3 is 2.41 bits per heavy atom. The molecule has 1 aliphatic rings. The molecule has 0 saturated heterocycles. The Bertz CT molecular complexity index is 1940. The standard InChI is InChI=1S/C30H28F5N3O6S2/c1-15(2)42-22-13-17(31)12-19(32)23(22)24-25(37-27(18-9-11-45-26(18)24)44-46(40,41)30(33,34)35)20-7-6-16-8-10-38(14-21(16)36-20)28(39)43-29(3,4)5/h6-7,9,11-13,15H,8,10,14H2,1-5H3. The van der Waals surface area contributed by atoms with E-state index >= 15 is 4.39 Å². The topological polar surface area (TPSA) is 108 Å². The number of nitrogens with zero attached hydrogens (tertiary/aromatic N) is 3. The van der Waals surface area contributed by atoms with Gasteiger partial charge in [0.15, 0.2) is 0 Å². The van der Waals surface area contributed by atoms with Crippen molar-refractivity contribution in [3.63, 3.8) is 0 Å². The SMILES string of the molecule is CC(C)Oc1cc(F)cc(F)c1-c1c(-c2ccc3c(n2)CN(C(=O)OC(C)(C)C)CC3)nc(OS(=O)(=O)C(F)(F)F)c2ccsc12. The van der Waals surface area contributed by atoms with Crippen molar-refractivity contribution in [2.45, 2.75) is 64.8 Å². The van der Waals surface area contributed by atoms with Gasteiger partial charge in [0.1, 0.15) is 28.7 Å². The Morgan fingerprint density at radius 2 is 1.76 bits per heavy atom. The van der Waals surface area contributed by atoms with E-state index in [1.165, 1.54) is 22.4 Å². The van der Waals surface area contributed by atoms with Gasteiger partial charge in [0.05, 0.1) is 39.7 Å². The zero-order chi connectivity index (χ0) is 33.8. The molecule has 3 aromatic heterocycles. The molecule has 0 radical (unpaired) electrons. The molecule has 0 atom stereocenters. The second-order valence-electron chi connectivity index (χ2n) is 11.7. The number of amides is 1. The number of ether oxygens (including phenoxy) is 2.